The van der Waals surface area contributed by atoms with Gasteiger partial charge in [0.05, 0.1) is 5.69 Å². The molecule has 1 heterocycles. The summed E-state index contributed by atoms with van der Waals surface area (Å²) in [5.41, 5.74) is 6.28. The molecule has 0 spiro atoms. The lowest BCUT2D eigenvalue weighted by molar-refractivity contribution is 0.208. The summed E-state index contributed by atoms with van der Waals surface area (Å²) in [5.74, 6) is 0.0769. The van der Waals surface area contributed by atoms with Crippen LogP contribution in [0.4, 0.5) is 10.5 Å². The van der Waals surface area contributed by atoms with Gasteiger partial charge < -0.3 is 10.6 Å². The van der Waals surface area contributed by atoms with Crippen LogP contribution in [0.3, 0.4) is 0 Å². The minimum Gasteiger partial charge on any atom is -0.369 e. The number of aromatic nitrogens is 1. The molecule has 17 heavy (non-hydrogen) atoms. The van der Waals surface area contributed by atoms with E-state index in [4.69, 9.17) is 5.73 Å². The first-order chi connectivity index (χ1) is 8.17. The molecule has 0 aromatic carbocycles. The van der Waals surface area contributed by atoms with Crippen molar-refractivity contribution in [2.24, 2.45) is 10.7 Å². The highest BCUT2D eigenvalue weighted by Gasteiger charge is 2.09. The largest absolute Gasteiger partial charge is 0.369 e. The van der Waals surface area contributed by atoms with Crippen LogP contribution in [0.2, 0.25) is 0 Å². The van der Waals surface area contributed by atoms with Crippen LogP contribution >= 0.6 is 0 Å². The molecular weight excluding hydrogens is 218 g/mol. The van der Waals surface area contributed by atoms with Crippen molar-refractivity contribution in [3.8, 4) is 0 Å². The van der Waals surface area contributed by atoms with Gasteiger partial charge in [-0.25, -0.2) is 9.79 Å². The zero-order valence-corrected chi connectivity index (χ0v) is 10.1. The number of carbonyl (C=O) groups is 1. The Morgan fingerprint density at radius 2 is 2.00 bits per heavy atom. The number of aliphatic imine (C=N–C) groups is 1. The fourth-order valence-electron chi connectivity index (χ4n) is 1.29. The first-order valence-corrected chi connectivity index (χ1v) is 5.47. The van der Waals surface area contributed by atoms with Gasteiger partial charge in [0, 0.05) is 25.5 Å². The Morgan fingerprint density at radius 3 is 2.53 bits per heavy atom. The number of pyridine rings is 1. The minimum atomic E-state index is -0.245. The molecule has 0 aliphatic heterocycles. The van der Waals surface area contributed by atoms with Gasteiger partial charge in [-0.05, 0) is 26.0 Å². The summed E-state index contributed by atoms with van der Waals surface area (Å²) in [5, 5.41) is 2.52. The Hall–Kier alpha value is -2.11. The maximum absolute atomic E-state index is 11.6. The third-order valence-electron chi connectivity index (χ3n) is 2.20. The maximum Gasteiger partial charge on any atom is 0.324 e. The molecule has 0 radical (unpaired) electrons. The van der Waals surface area contributed by atoms with Crippen LogP contribution in [0.5, 0.6) is 0 Å². The summed E-state index contributed by atoms with van der Waals surface area (Å²) < 4.78 is 0. The predicted molar refractivity (Wildman–Crippen MR) is 67.0 cm³/mol. The van der Waals surface area contributed by atoms with Crippen molar-refractivity contribution in [3.63, 3.8) is 0 Å². The Bertz CT molecular complexity index is 386. The summed E-state index contributed by atoms with van der Waals surface area (Å²) >= 11 is 0. The summed E-state index contributed by atoms with van der Waals surface area (Å²) in [6.07, 6.45) is 3.22. The summed E-state index contributed by atoms with van der Waals surface area (Å²) in [6, 6.07) is 3.16. The highest BCUT2D eigenvalue weighted by molar-refractivity contribution is 5.96. The number of hydrogen-bond donors (Lipinski definition) is 2. The van der Waals surface area contributed by atoms with Gasteiger partial charge in [0.1, 0.15) is 0 Å². The third kappa shape index (κ3) is 4.10. The van der Waals surface area contributed by atoms with E-state index < -0.39 is 0 Å². The normalized spacial score (nSPS) is 11.1. The summed E-state index contributed by atoms with van der Waals surface area (Å²) in [7, 11) is 0. The molecule has 1 rings (SSSR count). The molecule has 0 unspecified atom stereocenters. The standard InChI is InChI=1S/C11H17N5O/c1-3-16(4-2)11(17)15-10(12)14-9-5-7-13-8-6-9/h5-8H,3-4H2,1-2H3,(H3,12,13,14,15,17). The molecule has 0 aliphatic carbocycles. The Morgan fingerprint density at radius 1 is 1.41 bits per heavy atom. The van der Waals surface area contributed by atoms with Crippen LogP contribution in [0, 0.1) is 0 Å². The van der Waals surface area contributed by atoms with Crippen molar-refractivity contribution in [1.29, 1.82) is 0 Å². The first-order valence-electron chi connectivity index (χ1n) is 5.47. The number of amides is 2. The lowest BCUT2D eigenvalue weighted by Gasteiger charge is -2.18. The molecule has 1 aromatic heterocycles. The fourth-order valence-corrected chi connectivity index (χ4v) is 1.29. The van der Waals surface area contributed by atoms with Crippen molar-refractivity contribution < 1.29 is 4.79 Å². The highest BCUT2D eigenvalue weighted by atomic mass is 16.2. The molecule has 3 N–H and O–H groups in total. The monoisotopic (exact) mass is 235 g/mol. The lowest BCUT2D eigenvalue weighted by Crippen LogP contribution is -2.45. The van der Waals surface area contributed by atoms with E-state index in [9.17, 15) is 4.79 Å². The molecule has 2 amide bonds. The van der Waals surface area contributed by atoms with Gasteiger partial charge in [-0.2, -0.15) is 0 Å². The van der Waals surface area contributed by atoms with Crippen molar-refractivity contribution in [3.05, 3.63) is 24.5 Å². The Balaban J connectivity index is 2.63. The zero-order valence-electron chi connectivity index (χ0n) is 10.1. The average molecular weight is 235 g/mol. The third-order valence-corrected chi connectivity index (χ3v) is 2.20. The molecule has 0 atom stereocenters. The number of urea groups is 1. The molecule has 0 saturated carbocycles. The smallest absolute Gasteiger partial charge is 0.324 e. The highest BCUT2D eigenvalue weighted by Crippen LogP contribution is 2.07. The van der Waals surface area contributed by atoms with Crippen molar-refractivity contribution in [2.45, 2.75) is 13.8 Å². The molecular formula is C11H17N5O. The SMILES string of the molecule is CCN(CC)C(=O)NC(N)=Nc1ccncc1. The van der Waals surface area contributed by atoms with Gasteiger partial charge >= 0.3 is 6.03 Å². The molecule has 6 nitrogen and oxygen atoms in total. The van der Waals surface area contributed by atoms with E-state index in [2.05, 4.69) is 15.3 Å². The fraction of sp³-hybridized carbons (Fsp3) is 0.364. The van der Waals surface area contributed by atoms with Crippen molar-refractivity contribution in [2.75, 3.05) is 13.1 Å². The van der Waals surface area contributed by atoms with E-state index >= 15 is 0 Å². The van der Waals surface area contributed by atoms with Gasteiger partial charge in [0.15, 0.2) is 0 Å². The van der Waals surface area contributed by atoms with Gasteiger partial charge in [-0.1, -0.05) is 0 Å². The van der Waals surface area contributed by atoms with Crippen molar-refractivity contribution >= 4 is 17.7 Å². The number of guanidine groups is 1. The van der Waals surface area contributed by atoms with Crippen LogP contribution in [0.1, 0.15) is 13.8 Å². The predicted octanol–water partition coefficient (Wildman–Crippen LogP) is 1.08. The number of rotatable bonds is 3. The second-order valence-electron chi connectivity index (χ2n) is 3.30. The van der Waals surface area contributed by atoms with Gasteiger partial charge in [-0.15, -0.1) is 0 Å². The number of nitrogens with one attached hydrogen (secondary N) is 1. The molecule has 92 valence electrons. The van der Waals surface area contributed by atoms with Crippen LogP contribution in [-0.2, 0) is 0 Å². The van der Waals surface area contributed by atoms with Crippen LogP contribution in [0.15, 0.2) is 29.5 Å². The molecule has 0 fully saturated rings. The first kappa shape index (κ1) is 13.0. The van der Waals surface area contributed by atoms with E-state index in [0.29, 0.717) is 18.8 Å². The number of carbonyl (C=O) groups excluding carboxylic acids is 1. The van der Waals surface area contributed by atoms with Crippen LogP contribution in [-0.4, -0.2) is 35.0 Å². The summed E-state index contributed by atoms with van der Waals surface area (Å²) in [6.45, 7) is 5.06. The number of nitrogens with two attached hydrogens (primary N) is 1. The molecule has 0 aliphatic rings. The van der Waals surface area contributed by atoms with E-state index in [0.717, 1.165) is 0 Å². The number of hydrogen-bond acceptors (Lipinski definition) is 3. The van der Waals surface area contributed by atoms with Gasteiger partial charge in [0.2, 0.25) is 5.96 Å². The molecule has 0 bridgehead atoms. The van der Waals surface area contributed by atoms with Gasteiger partial charge in [-0.3, -0.25) is 10.3 Å². The van der Waals surface area contributed by atoms with E-state index in [1.54, 1.807) is 29.4 Å². The minimum absolute atomic E-state index is 0.0769. The Labute approximate surface area is 101 Å². The van der Waals surface area contributed by atoms with Crippen LogP contribution in [0.25, 0.3) is 0 Å². The zero-order chi connectivity index (χ0) is 12.7. The van der Waals surface area contributed by atoms with Crippen molar-refractivity contribution in [1.82, 2.24) is 15.2 Å². The maximum atomic E-state index is 11.6. The molecule has 0 saturated heterocycles. The second-order valence-corrected chi connectivity index (χ2v) is 3.30. The quantitative estimate of drug-likeness (QED) is 0.607. The average Bonchev–Trinajstić information content (AvgIpc) is 2.31. The summed E-state index contributed by atoms with van der Waals surface area (Å²) in [4.78, 5) is 21.2. The molecule has 6 heteroatoms. The van der Waals surface area contributed by atoms with E-state index in [1.165, 1.54) is 0 Å². The van der Waals surface area contributed by atoms with Crippen LogP contribution < -0.4 is 11.1 Å². The topological polar surface area (TPSA) is 83.6 Å². The lowest BCUT2D eigenvalue weighted by atomic mass is 10.4. The van der Waals surface area contributed by atoms with E-state index in [1.807, 2.05) is 13.8 Å². The van der Waals surface area contributed by atoms with Gasteiger partial charge in [0.25, 0.3) is 0 Å². The Kier molecular flexibility index (Phi) is 4.93. The van der Waals surface area contributed by atoms with E-state index in [-0.39, 0.29) is 12.0 Å². The number of nitrogens with zero attached hydrogens (tertiary/aromatic N) is 3. The molecule has 1 aromatic rings. The second kappa shape index (κ2) is 6.47.